The van der Waals surface area contributed by atoms with Crippen LogP contribution in [0.4, 0.5) is 0 Å². The molecule has 7 heteroatoms. The summed E-state index contributed by atoms with van der Waals surface area (Å²) in [6.07, 6.45) is 1.39. The molecule has 100 valence electrons. The van der Waals surface area contributed by atoms with Crippen molar-refractivity contribution < 1.29 is 4.74 Å². The van der Waals surface area contributed by atoms with Gasteiger partial charge in [0, 0.05) is 15.8 Å². The number of nitrogens with zero attached hydrogens (tertiary/aromatic N) is 1. The molecule has 0 atom stereocenters. The number of hydrogen-bond acceptors (Lipinski definition) is 4. The van der Waals surface area contributed by atoms with E-state index in [9.17, 15) is 4.79 Å². The lowest BCUT2D eigenvalue weighted by molar-refractivity contribution is 0.404. The second-order valence-corrected chi connectivity index (χ2v) is 5.42. The van der Waals surface area contributed by atoms with Gasteiger partial charge >= 0.3 is 0 Å². The Morgan fingerprint density at radius 2 is 2.21 bits per heavy atom. The van der Waals surface area contributed by atoms with Crippen LogP contribution in [0.1, 0.15) is 5.56 Å². The van der Waals surface area contributed by atoms with Crippen LogP contribution in [-0.4, -0.2) is 17.1 Å². The summed E-state index contributed by atoms with van der Waals surface area (Å²) in [6, 6.07) is 5.30. The molecule has 1 N–H and O–H groups in total. The standard InChI is InChI=1S/C12H10Cl2N2O2S/c1-18-10-5-15-12(16-11(10)17)19-6-7-2-3-8(13)4-9(7)14/h2-5H,6H2,1H3,(H,15,16,17). The van der Waals surface area contributed by atoms with Gasteiger partial charge in [-0.05, 0) is 17.7 Å². The molecule has 0 spiro atoms. The first kappa shape index (κ1) is 14.2. The number of hydrogen-bond donors (Lipinski definition) is 1. The number of H-pyrrole nitrogens is 1. The molecule has 0 aliphatic heterocycles. The first-order valence-electron chi connectivity index (χ1n) is 5.30. The summed E-state index contributed by atoms with van der Waals surface area (Å²) >= 11 is 13.3. The van der Waals surface area contributed by atoms with Crippen LogP contribution in [-0.2, 0) is 5.75 Å². The summed E-state index contributed by atoms with van der Waals surface area (Å²) in [7, 11) is 1.42. The number of halogens is 2. The molecule has 1 aromatic heterocycles. The second kappa shape index (κ2) is 6.32. The van der Waals surface area contributed by atoms with E-state index in [-0.39, 0.29) is 11.3 Å². The predicted octanol–water partition coefficient (Wildman–Crippen LogP) is 3.38. The van der Waals surface area contributed by atoms with Crippen molar-refractivity contribution in [1.82, 2.24) is 9.97 Å². The molecule has 1 aromatic carbocycles. The van der Waals surface area contributed by atoms with Gasteiger partial charge in [0.2, 0.25) is 5.75 Å². The maximum atomic E-state index is 11.5. The molecule has 2 aromatic rings. The van der Waals surface area contributed by atoms with E-state index in [4.69, 9.17) is 27.9 Å². The number of thioether (sulfide) groups is 1. The molecule has 4 nitrogen and oxygen atoms in total. The summed E-state index contributed by atoms with van der Waals surface area (Å²) in [5.41, 5.74) is 0.622. The molecule has 0 radical (unpaired) electrons. The van der Waals surface area contributed by atoms with Crippen LogP contribution in [0.25, 0.3) is 0 Å². The number of nitrogens with one attached hydrogen (secondary N) is 1. The third-order valence-electron chi connectivity index (χ3n) is 2.34. The molecule has 0 amide bonds. The zero-order valence-electron chi connectivity index (χ0n) is 9.94. The molecule has 0 unspecified atom stereocenters. The van der Waals surface area contributed by atoms with Crippen molar-refractivity contribution in [2.75, 3.05) is 7.11 Å². The highest BCUT2D eigenvalue weighted by Gasteiger charge is 2.06. The van der Waals surface area contributed by atoms with Gasteiger partial charge in [-0.1, -0.05) is 41.0 Å². The summed E-state index contributed by atoms with van der Waals surface area (Å²) in [4.78, 5) is 18.2. The molecule has 0 saturated carbocycles. The van der Waals surface area contributed by atoms with E-state index in [1.165, 1.54) is 25.1 Å². The quantitative estimate of drug-likeness (QED) is 0.694. The van der Waals surface area contributed by atoms with E-state index in [1.807, 2.05) is 6.07 Å². The second-order valence-electron chi connectivity index (χ2n) is 3.61. The number of rotatable bonds is 4. The van der Waals surface area contributed by atoms with E-state index in [1.54, 1.807) is 12.1 Å². The zero-order valence-corrected chi connectivity index (χ0v) is 12.3. The Bertz CT molecular complexity index is 646. The minimum atomic E-state index is -0.304. The molecule has 19 heavy (non-hydrogen) atoms. The average Bonchev–Trinajstić information content (AvgIpc) is 2.38. The molecule has 1 heterocycles. The Morgan fingerprint density at radius 3 is 2.84 bits per heavy atom. The number of benzene rings is 1. The normalized spacial score (nSPS) is 10.5. The minimum Gasteiger partial charge on any atom is -0.490 e. The fourth-order valence-corrected chi connectivity index (χ4v) is 2.76. The predicted molar refractivity (Wildman–Crippen MR) is 77.4 cm³/mol. The van der Waals surface area contributed by atoms with Crippen molar-refractivity contribution in [2.45, 2.75) is 10.9 Å². The van der Waals surface area contributed by atoms with E-state index in [0.29, 0.717) is 21.0 Å². The maximum Gasteiger partial charge on any atom is 0.293 e. The summed E-state index contributed by atoms with van der Waals surface area (Å²) in [5.74, 6) is 0.777. The summed E-state index contributed by atoms with van der Waals surface area (Å²) in [5, 5.41) is 1.70. The van der Waals surface area contributed by atoms with Crippen LogP contribution in [0.3, 0.4) is 0 Å². The molecule has 0 aliphatic rings. The lowest BCUT2D eigenvalue weighted by Gasteiger charge is -2.05. The van der Waals surface area contributed by atoms with Gasteiger partial charge in [-0.2, -0.15) is 0 Å². The smallest absolute Gasteiger partial charge is 0.293 e. The van der Waals surface area contributed by atoms with Crippen LogP contribution in [0.15, 0.2) is 34.3 Å². The van der Waals surface area contributed by atoms with Crippen molar-refractivity contribution in [2.24, 2.45) is 0 Å². The Labute approximate surface area is 124 Å². The fraction of sp³-hybridized carbons (Fsp3) is 0.167. The van der Waals surface area contributed by atoms with E-state index < -0.39 is 0 Å². The van der Waals surface area contributed by atoms with Crippen LogP contribution >= 0.6 is 35.0 Å². The Morgan fingerprint density at radius 1 is 1.42 bits per heavy atom. The van der Waals surface area contributed by atoms with Crippen LogP contribution in [0, 0.1) is 0 Å². The summed E-state index contributed by atoms with van der Waals surface area (Å²) in [6.45, 7) is 0. The van der Waals surface area contributed by atoms with Gasteiger partial charge in [-0.15, -0.1) is 0 Å². The first-order valence-corrected chi connectivity index (χ1v) is 7.04. The van der Waals surface area contributed by atoms with Gasteiger partial charge < -0.3 is 4.74 Å². The Balaban J connectivity index is 2.10. The van der Waals surface area contributed by atoms with Crippen molar-refractivity contribution in [3.05, 3.63) is 50.4 Å². The van der Waals surface area contributed by atoms with Gasteiger partial charge in [0.05, 0.1) is 13.3 Å². The van der Waals surface area contributed by atoms with Gasteiger partial charge in [0.25, 0.3) is 5.56 Å². The molecule has 2 rings (SSSR count). The van der Waals surface area contributed by atoms with Gasteiger partial charge in [-0.3, -0.25) is 9.78 Å². The lowest BCUT2D eigenvalue weighted by atomic mass is 10.2. The van der Waals surface area contributed by atoms with E-state index in [2.05, 4.69) is 9.97 Å². The highest BCUT2D eigenvalue weighted by molar-refractivity contribution is 7.98. The molecule has 0 bridgehead atoms. The highest BCUT2D eigenvalue weighted by Crippen LogP contribution is 2.26. The first-order chi connectivity index (χ1) is 9.10. The Kier molecular flexibility index (Phi) is 4.74. The molecular weight excluding hydrogens is 307 g/mol. The van der Waals surface area contributed by atoms with Gasteiger partial charge in [-0.25, -0.2) is 4.98 Å². The maximum absolute atomic E-state index is 11.5. The van der Waals surface area contributed by atoms with Crippen molar-refractivity contribution >= 4 is 35.0 Å². The monoisotopic (exact) mass is 316 g/mol. The van der Waals surface area contributed by atoms with Gasteiger partial charge in [0.1, 0.15) is 0 Å². The molecular formula is C12H10Cl2N2O2S. The SMILES string of the molecule is COc1cnc(SCc2ccc(Cl)cc2Cl)[nH]c1=O. The van der Waals surface area contributed by atoms with Crippen LogP contribution in [0.5, 0.6) is 5.75 Å². The van der Waals surface area contributed by atoms with Crippen LogP contribution < -0.4 is 10.3 Å². The van der Waals surface area contributed by atoms with Crippen LogP contribution in [0.2, 0.25) is 10.0 Å². The third kappa shape index (κ3) is 3.65. The zero-order chi connectivity index (χ0) is 13.8. The fourth-order valence-electron chi connectivity index (χ4n) is 1.37. The average molecular weight is 317 g/mol. The van der Waals surface area contributed by atoms with Crippen molar-refractivity contribution in [3.63, 3.8) is 0 Å². The van der Waals surface area contributed by atoms with Crippen molar-refractivity contribution in [1.29, 1.82) is 0 Å². The number of methoxy groups -OCH3 is 1. The number of aromatic amines is 1. The number of ether oxygens (including phenoxy) is 1. The minimum absolute atomic E-state index is 0.189. The molecule has 0 fully saturated rings. The van der Waals surface area contributed by atoms with E-state index in [0.717, 1.165) is 5.56 Å². The Hall–Kier alpha value is -1.17. The number of aromatic nitrogens is 2. The topological polar surface area (TPSA) is 55.0 Å². The largest absolute Gasteiger partial charge is 0.490 e. The van der Waals surface area contributed by atoms with Gasteiger partial charge in [0.15, 0.2) is 5.16 Å². The highest BCUT2D eigenvalue weighted by atomic mass is 35.5. The molecule has 0 saturated heterocycles. The third-order valence-corrected chi connectivity index (χ3v) is 3.87. The lowest BCUT2D eigenvalue weighted by Crippen LogP contribution is -2.10. The molecule has 0 aliphatic carbocycles. The van der Waals surface area contributed by atoms with E-state index >= 15 is 0 Å². The summed E-state index contributed by atoms with van der Waals surface area (Å²) < 4.78 is 4.84. The van der Waals surface area contributed by atoms with Crippen molar-refractivity contribution in [3.8, 4) is 5.75 Å².